The number of aromatic hydroxyl groups is 6. The summed E-state index contributed by atoms with van der Waals surface area (Å²) in [5.74, 6) is -13.5. The number of carbonyl (C=O) groups is 7. The number of amides is 6. The Morgan fingerprint density at radius 2 is 1.00 bits per heavy atom. The van der Waals surface area contributed by atoms with Crippen LogP contribution in [0.4, 0.5) is 0 Å². The van der Waals surface area contributed by atoms with Gasteiger partial charge < -0.3 is 96.3 Å². The van der Waals surface area contributed by atoms with Crippen molar-refractivity contribution in [2.75, 3.05) is 7.11 Å². The minimum absolute atomic E-state index is 0.0146. The summed E-state index contributed by atoms with van der Waals surface area (Å²) in [6.07, 6.45) is -2.25. The van der Waals surface area contributed by atoms with Gasteiger partial charge in [0.15, 0.2) is 29.0 Å². The van der Waals surface area contributed by atoms with Gasteiger partial charge in [0, 0.05) is 50.2 Å². The van der Waals surface area contributed by atoms with E-state index in [0.717, 1.165) is 59.9 Å². The highest BCUT2D eigenvalue weighted by Gasteiger charge is 2.43. The van der Waals surface area contributed by atoms with Crippen LogP contribution in [0.2, 0.25) is 0 Å². The second kappa shape index (κ2) is 26.3. The fourth-order valence-corrected chi connectivity index (χ4v) is 13.8. The van der Waals surface area contributed by atoms with Gasteiger partial charge in [0.2, 0.25) is 41.2 Å². The van der Waals surface area contributed by atoms with Gasteiger partial charge in [0.25, 0.3) is 0 Å². The number of benzene rings is 9. The second-order valence-electron chi connectivity index (χ2n) is 24.3. The van der Waals surface area contributed by atoms with Crippen LogP contribution < -0.4 is 46.1 Å². The predicted octanol–water partition coefficient (Wildman–Crippen LogP) is 8.26. The minimum atomic E-state index is -2.16. The third-order valence-corrected chi connectivity index (χ3v) is 19.1. The number of rotatable bonds is 4. The monoisotopic (exact) mass is 1380 g/mol. The van der Waals surface area contributed by atoms with E-state index in [1.807, 2.05) is 54.6 Å². The second-order valence-corrected chi connectivity index (χ2v) is 25.4. The highest BCUT2D eigenvalue weighted by Crippen LogP contribution is 2.48. The van der Waals surface area contributed by atoms with Crippen LogP contribution in [0.25, 0.3) is 21.9 Å². The summed E-state index contributed by atoms with van der Waals surface area (Å²) in [6, 6.07) is 27.6. The molecule has 6 amide bonds. The Morgan fingerprint density at radius 3 is 1.64 bits per heavy atom. The molecule has 0 aliphatic carbocycles. The summed E-state index contributed by atoms with van der Waals surface area (Å²) < 4.78 is 25.8. The van der Waals surface area contributed by atoms with Crippen molar-refractivity contribution in [2.45, 2.75) is 71.3 Å². The molecule has 101 heavy (non-hydrogen) atoms. The number of aromatic nitrogens is 1. The van der Waals surface area contributed by atoms with Crippen LogP contribution in [-0.4, -0.2) is 106 Å². The molecule has 7 heterocycles. The van der Waals surface area contributed by atoms with Gasteiger partial charge in [0.1, 0.15) is 88.7 Å². The minimum Gasteiger partial charge on any atom is -0.508 e. The Kier molecular flexibility index (Phi) is 17.0. The predicted molar refractivity (Wildman–Crippen MR) is 359 cm³/mol. The number of aliphatic hydroxyl groups excluding tert-OH is 2. The number of phenolic OH excluding ortho intramolecular Hbond substituents is 6. The third kappa shape index (κ3) is 12.4. The molecule has 17 bridgehead atoms. The molecule has 14 N–H and O–H groups in total. The highest BCUT2D eigenvalue weighted by molar-refractivity contribution is 7.99. The maximum absolute atomic E-state index is 16.0. The van der Waals surface area contributed by atoms with E-state index in [9.17, 15) is 50.4 Å². The molecule has 0 unspecified atom stereocenters. The zero-order valence-corrected chi connectivity index (χ0v) is 53.8. The number of carbonyl (C=O) groups excluding carboxylic acids is 7. The van der Waals surface area contributed by atoms with E-state index in [2.05, 4.69) is 31.9 Å². The Hall–Kier alpha value is -12.7. The number of esters is 1. The average molecular weight is 1380 g/mol. The number of methoxy groups -OCH3 is 1. The lowest BCUT2D eigenvalue weighted by atomic mass is 9.89. The van der Waals surface area contributed by atoms with Crippen LogP contribution in [0.15, 0.2) is 192 Å². The molecule has 0 radical (unpaired) electrons. The van der Waals surface area contributed by atoms with Crippen LogP contribution in [0.3, 0.4) is 0 Å². The first-order chi connectivity index (χ1) is 48.6. The molecule has 0 spiro atoms. The van der Waals surface area contributed by atoms with Gasteiger partial charge in [-0.25, -0.2) is 4.79 Å². The number of nitrogens with one attached hydrogen (secondary N) is 6. The molecule has 510 valence electrons. The van der Waals surface area contributed by atoms with Crippen LogP contribution in [0, 0.1) is 6.92 Å². The van der Waals surface area contributed by atoms with Crippen molar-refractivity contribution in [3.63, 3.8) is 0 Å². The number of hydrogen-bond donors (Lipinski definition) is 14. The summed E-state index contributed by atoms with van der Waals surface area (Å²) in [5.41, 5.74) is -1.64. The highest BCUT2D eigenvalue weighted by atomic mass is 32.2. The number of aliphatic hydroxyl groups is 2. The first-order valence-electron chi connectivity index (χ1n) is 31.3. The van der Waals surface area contributed by atoms with E-state index in [-0.39, 0.29) is 78.6 Å². The van der Waals surface area contributed by atoms with Crippen molar-refractivity contribution < 1.29 is 93.4 Å². The fourth-order valence-electron chi connectivity index (χ4n) is 12.7. The Labute approximate surface area is 576 Å². The molecular weight excluding hydrogens is 1320 g/mol. The zero-order valence-electron chi connectivity index (χ0n) is 52.9. The lowest BCUT2D eigenvalue weighted by molar-refractivity contribution is -0.146. The van der Waals surface area contributed by atoms with Gasteiger partial charge in [-0.3, -0.25) is 28.8 Å². The van der Waals surface area contributed by atoms with Gasteiger partial charge in [-0.05, 0) is 131 Å². The summed E-state index contributed by atoms with van der Waals surface area (Å²) in [5, 5.41) is 113. The summed E-state index contributed by atoms with van der Waals surface area (Å²) in [6.45, 7) is 1.46. The lowest BCUT2D eigenvalue weighted by Crippen LogP contribution is -2.55. The van der Waals surface area contributed by atoms with Crippen LogP contribution >= 0.6 is 11.8 Å². The van der Waals surface area contributed by atoms with Crippen LogP contribution in [0.1, 0.15) is 86.9 Å². The topological polar surface area (TPSA) is 395 Å². The number of nitrogens with zero attached hydrogens (tertiary/aromatic N) is 1. The molecule has 27 heteroatoms. The first-order valence-corrected chi connectivity index (χ1v) is 32.1. The van der Waals surface area contributed by atoms with E-state index in [1.54, 1.807) is 10.8 Å². The van der Waals surface area contributed by atoms with E-state index in [1.165, 1.54) is 97.5 Å². The SMILES string of the molecule is COC(=O)[C@H]1NC(=O)[C@H]2NC(=O)[C@H](NC(=O)[C@@H]3NC(=O)[C@H]4NC(=O)[C@H](NC(=O)[C@H](n5cc6ccccc6c5Sc5ccccc5)c5ccc(O)c(c5)Oc5cc4cc(O)c5C)[C@H](O)c4ccc(cc4)Oc4cc3cc(c4O)Oc3ccc(cc3)[C@H]2O)c2ccc(O)c(c2)-c2c(O)cc(O)cc21. The molecule has 1 aromatic heterocycles. The molecule has 26 nitrogen and oxygen atoms in total. The van der Waals surface area contributed by atoms with E-state index < -0.39 is 142 Å². The van der Waals surface area contributed by atoms with Gasteiger partial charge >= 0.3 is 5.97 Å². The number of fused-ring (bicyclic) bond motifs is 15. The maximum Gasteiger partial charge on any atom is 0.333 e. The standard InChI is InChI=1S/C74H59N7O19S/c1-33-50(85)25-39-27-52(33)100-53-26-37(17-23-49(53)84)63(81-32-38-8-6-7-11-45(38)73(81)101-44-9-4-3-5-10-44)72(95)80-62-65(88)35-14-20-43(21-15-35)99-55-29-40-28-54(66(55)89)98-42-18-12-34(13-19-42)64(87)61-71(94)78-60(74(96)97-2)47-30-41(82)31-51(86)56(47)46-24-36(16-22-48(46)83)57(67(90)79-61)75-69(92)59(40)76-68(91)58(39)77-70(62)93/h3-32,57-65,82-89H,1-2H3,(H,75,92)(H,76,91)(H,77,93)(H,78,94)(H,79,90)(H,80,95)/t57-,58+,59-,60+,61+,62-,63-,64-,65-/m1/s1. The van der Waals surface area contributed by atoms with Crippen molar-refractivity contribution in [3.05, 3.63) is 227 Å². The van der Waals surface area contributed by atoms with E-state index >= 15 is 24.0 Å². The average Bonchev–Trinajstić information content (AvgIpc) is 1.75. The number of phenols is 6. The van der Waals surface area contributed by atoms with Crippen molar-refractivity contribution in [3.8, 4) is 80.1 Å². The van der Waals surface area contributed by atoms with Crippen molar-refractivity contribution in [1.29, 1.82) is 0 Å². The molecule has 0 fully saturated rings. The first kappa shape index (κ1) is 65.6. The van der Waals surface area contributed by atoms with Gasteiger partial charge in [-0.2, -0.15) is 0 Å². The van der Waals surface area contributed by atoms with Crippen molar-refractivity contribution >= 4 is 63.9 Å². The smallest absolute Gasteiger partial charge is 0.333 e. The Morgan fingerprint density at radius 1 is 0.475 bits per heavy atom. The molecule has 6 aliphatic heterocycles. The lowest BCUT2D eigenvalue weighted by Gasteiger charge is -2.32. The van der Waals surface area contributed by atoms with Crippen molar-refractivity contribution in [2.24, 2.45) is 0 Å². The van der Waals surface area contributed by atoms with Gasteiger partial charge in [-0.15, -0.1) is 0 Å². The largest absolute Gasteiger partial charge is 0.508 e. The summed E-state index contributed by atoms with van der Waals surface area (Å²) >= 11 is 1.33. The maximum atomic E-state index is 16.0. The Balaban J connectivity index is 0.958. The van der Waals surface area contributed by atoms with Crippen LogP contribution in [0.5, 0.6) is 69.0 Å². The molecular formula is C74H59N7O19S. The molecule has 0 saturated carbocycles. The van der Waals surface area contributed by atoms with E-state index in [0.29, 0.717) is 10.4 Å². The molecule has 16 rings (SSSR count). The molecule has 9 aromatic carbocycles. The zero-order chi connectivity index (χ0) is 70.8. The normalized spacial score (nSPS) is 21.1. The van der Waals surface area contributed by atoms with Crippen molar-refractivity contribution in [1.82, 2.24) is 36.5 Å². The fraction of sp³-hybridized carbons (Fsp3) is 0.149. The quantitative estimate of drug-likeness (QED) is 0.0737. The molecule has 0 saturated heterocycles. The Bertz CT molecular complexity index is 5070. The molecule has 10 aromatic rings. The van der Waals surface area contributed by atoms with Gasteiger partial charge in [-0.1, -0.05) is 90.6 Å². The molecule has 6 aliphatic rings. The number of hydrogen-bond acceptors (Lipinski definition) is 20. The summed E-state index contributed by atoms with van der Waals surface area (Å²) in [7, 11) is 0.981. The summed E-state index contributed by atoms with van der Waals surface area (Å²) in [4.78, 5) is 109. The third-order valence-electron chi connectivity index (χ3n) is 17.9. The molecule has 9 atom stereocenters. The van der Waals surface area contributed by atoms with Gasteiger partial charge in [0.05, 0.1) is 12.1 Å². The number of ether oxygens (including phenoxy) is 4. The van der Waals surface area contributed by atoms with Crippen LogP contribution in [-0.2, 0) is 38.3 Å². The van der Waals surface area contributed by atoms with E-state index in [4.69, 9.17) is 18.9 Å².